The van der Waals surface area contributed by atoms with Gasteiger partial charge in [-0.1, -0.05) is 6.92 Å². The van der Waals surface area contributed by atoms with Crippen LogP contribution in [0.25, 0.3) is 0 Å². The zero-order valence-corrected chi connectivity index (χ0v) is 19.9. The second-order valence-electron chi connectivity index (χ2n) is 7.93. The van der Waals surface area contributed by atoms with Crippen LogP contribution in [-0.2, 0) is 25.5 Å². The van der Waals surface area contributed by atoms with Crippen LogP contribution in [0.3, 0.4) is 0 Å². The zero-order valence-electron chi connectivity index (χ0n) is 19.9. The molecular formula is C22H40N4O6. The number of aromatic nitrogens is 2. The Morgan fingerprint density at radius 1 is 1.19 bits per heavy atom. The Morgan fingerprint density at radius 3 is 2.28 bits per heavy atom. The van der Waals surface area contributed by atoms with Crippen molar-refractivity contribution in [2.75, 3.05) is 13.2 Å². The van der Waals surface area contributed by atoms with Gasteiger partial charge in [-0.2, -0.15) is 5.10 Å². The Morgan fingerprint density at radius 2 is 1.78 bits per heavy atom. The minimum atomic E-state index is -0.833. The molecule has 10 heteroatoms. The maximum absolute atomic E-state index is 12.4. The molecule has 1 amide bonds. The molecule has 1 saturated carbocycles. The van der Waals surface area contributed by atoms with Crippen molar-refractivity contribution in [3.63, 3.8) is 0 Å². The topological polar surface area (TPSA) is 168 Å². The van der Waals surface area contributed by atoms with Gasteiger partial charge in [-0.15, -0.1) is 0 Å². The van der Waals surface area contributed by atoms with E-state index in [-0.39, 0.29) is 24.0 Å². The van der Waals surface area contributed by atoms with Gasteiger partial charge in [0, 0.05) is 44.7 Å². The summed E-state index contributed by atoms with van der Waals surface area (Å²) in [4.78, 5) is 30.4. The van der Waals surface area contributed by atoms with Crippen molar-refractivity contribution in [2.24, 2.45) is 11.7 Å². The number of hydrogen-bond acceptors (Lipinski definition) is 6. The number of amides is 1. The van der Waals surface area contributed by atoms with Crippen LogP contribution in [-0.4, -0.2) is 63.6 Å². The van der Waals surface area contributed by atoms with Crippen LogP contribution in [0.5, 0.6) is 0 Å². The molecule has 0 aromatic carbocycles. The molecule has 2 rings (SSSR count). The normalized spacial score (nSPS) is 19.6. The Kier molecular flexibility index (Phi) is 15.0. The minimum absolute atomic E-state index is 0.0191. The maximum atomic E-state index is 12.4. The van der Waals surface area contributed by atoms with Crippen LogP contribution in [0, 0.1) is 19.8 Å². The average molecular weight is 457 g/mol. The predicted octanol–water partition coefficient (Wildman–Crippen LogP) is 2.18. The molecule has 10 nitrogen and oxygen atoms in total. The summed E-state index contributed by atoms with van der Waals surface area (Å²) >= 11 is 0. The predicted molar refractivity (Wildman–Crippen MR) is 121 cm³/mol. The van der Waals surface area contributed by atoms with Crippen LogP contribution in [0.15, 0.2) is 0 Å². The SMILES string of the molecule is CC(=O)O.CC(=O)O.CCCO[C@H]1C[C@@H](C(=O)NCCCc2c(C)n[nH]c2C)CC[C@@H]1N. The highest BCUT2D eigenvalue weighted by molar-refractivity contribution is 5.78. The largest absolute Gasteiger partial charge is 0.481 e. The monoisotopic (exact) mass is 456 g/mol. The summed E-state index contributed by atoms with van der Waals surface area (Å²) < 4.78 is 5.81. The van der Waals surface area contributed by atoms with Crippen LogP contribution >= 0.6 is 0 Å². The number of nitrogens with two attached hydrogens (primary N) is 1. The van der Waals surface area contributed by atoms with Gasteiger partial charge in [0.15, 0.2) is 0 Å². The standard InChI is InChI=1S/C18H32N4O2.2C2H4O2/c1-4-10-24-17-11-14(7-8-16(17)19)18(23)20-9-5-6-15-12(2)21-22-13(15)3;2*1-2(3)4/h14,16-17H,4-11,19H2,1-3H3,(H,20,23)(H,21,22);2*1H3,(H,3,4)/t14-,16-,17-;;/m0../s1. The number of aromatic amines is 1. The van der Waals surface area contributed by atoms with Crippen molar-refractivity contribution in [1.29, 1.82) is 0 Å². The summed E-state index contributed by atoms with van der Waals surface area (Å²) in [6.07, 6.45) is 5.32. The first-order valence-corrected chi connectivity index (χ1v) is 11.0. The molecule has 0 spiro atoms. The number of hydrogen-bond donors (Lipinski definition) is 5. The number of carbonyl (C=O) groups excluding carboxylic acids is 1. The second-order valence-corrected chi connectivity index (χ2v) is 7.93. The Balaban J connectivity index is 0.00000104. The van der Waals surface area contributed by atoms with Crippen molar-refractivity contribution < 1.29 is 29.3 Å². The first-order chi connectivity index (χ1) is 15.0. The molecule has 6 N–H and O–H groups in total. The molecule has 1 fully saturated rings. The highest BCUT2D eigenvalue weighted by atomic mass is 16.5. The Bertz CT molecular complexity index is 667. The van der Waals surface area contributed by atoms with Crippen molar-refractivity contribution in [3.05, 3.63) is 17.0 Å². The van der Waals surface area contributed by atoms with Gasteiger partial charge in [0.05, 0.1) is 11.8 Å². The Hall–Kier alpha value is -2.46. The van der Waals surface area contributed by atoms with E-state index in [0.717, 1.165) is 70.4 Å². The molecule has 1 heterocycles. The number of aliphatic carboxylic acids is 2. The van der Waals surface area contributed by atoms with Gasteiger partial charge in [-0.3, -0.25) is 19.5 Å². The van der Waals surface area contributed by atoms with E-state index in [1.165, 1.54) is 5.56 Å². The summed E-state index contributed by atoms with van der Waals surface area (Å²) in [5.74, 6) is -1.49. The molecule has 1 aromatic heterocycles. The van der Waals surface area contributed by atoms with Crippen molar-refractivity contribution in [2.45, 2.75) is 85.3 Å². The highest BCUT2D eigenvalue weighted by Crippen LogP contribution is 2.26. The molecule has 0 aliphatic heterocycles. The molecule has 1 aliphatic carbocycles. The molecule has 0 unspecified atom stereocenters. The first-order valence-electron chi connectivity index (χ1n) is 11.0. The fourth-order valence-corrected chi connectivity index (χ4v) is 3.42. The van der Waals surface area contributed by atoms with Crippen molar-refractivity contribution in [1.82, 2.24) is 15.5 Å². The molecule has 32 heavy (non-hydrogen) atoms. The van der Waals surface area contributed by atoms with Gasteiger partial charge >= 0.3 is 0 Å². The third kappa shape index (κ3) is 13.1. The number of nitrogens with one attached hydrogen (secondary N) is 2. The summed E-state index contributed by atoms with van der Waals surface area (Å²) in [5, 5.41) is 25.1. The van der Waals surface area contributed by atoms with Gasteiger partial charge in [-0.25, -0.2) is 0 Å². The molecule has 0 saturated heterocycles. The van der Waals surface area contributed by atoms with Gasteiger partial charge in [0.25, 0.3) is 11.9 Å². The smallest absolute Gasteiger partial charge is 0.300 e. The lowest BCUT2D eigenvalue weighted by atomic mass is 9.83. The molecule has 3 atom stereocenters. The highest BCUT2D eigenvalue weighted by Gasteiger charge is 2.32. The van der Waals surface area contributed by atoms with Crippen LogP contribution in [0.1, 0.15) is 69.8 Å². The summed E-state index contributed by atoms with van der Waals surface area (Å²) in [6, 6.07) is 0.0626. The first kappa shape index (κ1) is 29.5. The number of carboxylic acid groups (broad SMARTS) is 2. The molecular weight excluding hydrogens is 416 g/mol. The molecule has 1 aromatic rings. The van der Waals surface area contributed by atoms with E-state index in [4.69, 9.17) is 30.3 Å². The van der Waals surface area contributed by atoms with Crippen molar-refractivity contribution >= 4 is 17.8 Å². The number of ether oxygens (including phenoxy) is 1. The molecule has 1 aliphatic rings. The average Bonchev–Trinajstić information content (AvgIpc) is 3.01. The van der Waals surface area contributed by atoms with Crippen LogP contribution in [0.4, 0.5) is 0 Å². The van der Waals surface area contributed by atoms with Gasteiger partial charge in [-0.05, 0) is 57.9 Å². The second kappa shape index (κ2) is 16.2. The summed E-state index contributed by atoms with van der Waals surface area (Å²) in [7, 11) is 0. The van der Waals surface area contributed by atoms with E-state index in [1.54, 1.807) is 0 Å². The zero-order chi connectivity index (χ0) is 24.7. The minimum Gasteiger partial charge on any atom is -0.481 e. The van der Waals surface area contributed by atoms with Gasteiger partial charge < -0.3 is 26.0 Å². The fourth-order valence-electron chi connectivity index (χ4n) is 3.42. The lowest BCUT2D eigenvalue weighted by molar-refractivity contribution is -0.135. The number of rotatable bonds is 8. The van der Waals surface area contributed by atoms with Crippen molar-refractivity contribution in [3.8, 4) is 0 Å². The number of carboxylic acids is 2. The number of H-pyrrole nitrogens is 1. The Labute approximate surface area is 190 Å². The lowest BCUT2D eigenvalue weighted by Gasteiger charge is -2.33. The lowest BCUT2D eigenvalue weighted by Crippen LogP contribution is -2.46. The van der Waals surface area contributed by atoms with Crippen LogP contribution in [0.2, 0.25) is 0 Å². The molecule has 0 radical (unpaired) electrons. The number of carbonyl (C=O) groups is 3. The van der Waals surface area contributed by atoms with E-state index in [1.807, 2.05) is 13.8 Å². The van der Waals surface area contributed by atoms with Crippen LogP contribution < -0.4 is 11.1 Å². The third-order valence-corrected chi connectivity index (χ3v) is 4.93. The van der Waals surface area contributed by atoms with Gasteiger partial charge in [0.1, 0.15) is 0 Å². The fraction of sp³-hybridized carbons (Fsp3) is 0.727. The van der Waals surface area contributed by atoms with E-state index >= 15 is 0 Å². The molecule has 184 valence electrons. The summed E-state index contributed by atoms with van der Waals surface area (Å²) in [5.41, 5.74) is 9.56. The van der Waals surface area contributed by atoms with E-state index in [2.05, 4.69) is 22.4 Å². The maximum Gasteiger partial charge on any atom is 0.300 e. The quantitative estimate of drug-likeness (QED) is 0.371. The van der Waals surface area contributed by atoms with E-state index in [9.17, 15) is 4.79 Å². The van der Waals surface area contributed by atoms with E-state index in [0.29, 0.717) is 6.54 Å². The van der Waals surface area contributed by atoms with E-state index < -0.39 is 11.9 Å². The van der Waals surface area contributed by atoms with Gasteiger partial charge in [0.2, 0.25) is 5.91 Å². The number of aryl methyl sites for hydroxylation is 2. The third-order valence-electron chi connectivity index (χ3n) is 4.93. The summed E-state index contributed by atoms with van der Waals surface area (Å²) in [6.45, 7) is 9.72. The molecule has 0 bridgehead atoms. The number of nitrogens with zero attached hydrogens (tertiary/aromatic N) is 1.